The number of aliphatic carboxylic acids is 1. The van der Waals surface area contributed by atoms with E-state index in [0.29, 0.717) is 17.1 Å². The predicted octanol–water partition coefficient (Wildman–Crippen LogP) is 1.65. The third-order valence-corrected chi connectivity index (χ3v) is 4.25. The molecule has 0 spiro atoms. The van der Waals surface area contributed by atoms with E-state index in [9.17, 15) is 14.7 Å². The van der Waals surface area contributed by atoms with E-state index in [1.807, 2.05) is 13.8 Å². The summed E-state index contributed by atoms with van der Waals surface area (Å²) < 4.78 is 5.38. The van der Waals surface area contributed by atoms with Crippen LogP contribution in [0.15, 0.2) is 27.7 Å². The number of nitrogens with zero attached hydrogens (tertiary/aromatic N) is 1. The number of amides is 1. The van der Waals surface area contributed by atoms with Crippen molar-refractivity contribution >= 4 is 46.3 Å². The van der Waals surface area contributed by atoms with E-state index in [1.165, 1.54) is 6.26 Å². The van der Waals surface area contributed by atoms with Gasteiger partial charge in [-0.1, -0.05) is 37.8 Å². The van der Waals surface area contributed by atoms with Crippen LogP contribution in [0.3, 0.4) is 0 Å². The van der Waals surface area contributed by atoms with Gasteiger partial charge in [0.2, 0.25) is 0 Å². The second-order valence-electron chi connectivity index (χ2n) is 5.03. The number of hydrogen-bond acceptors (Lipinski definition) is 6. The van der Waals surface area contributed by atoms with Gasteiger partial charge in [0.15, 0.2) is 0 Å². The maximum Gasteiger partial charge on any atom is 0.266 e. The molecule has 112 valence electrons. The van der Waals surface area contributed by atoms with Gasteiger partial charge in [0.1, 0.15) is 10.1 Å². The lowest BCUT2D eigenvalue weighted by molar-refractivity contribution is -0.310. The fraction of sp³-hybridized carbons (Fsp3) is 0.357. The normalized spacial score (nSPS) is 18.8. The van der Waals surface area contributed by atoms with E-state index in [-0.39, 0.29) is 10.2 Å². The first-order valence-electron chi connectivity index (χ1n) is 6.41. The SMILES string of the molecule is CC(C)C[C@@H](C(=O)[O-])N1C(=O)/C(=C\c2ccco2)SC1=S. The van der Waals surface area contributed by atoms with Crippen molar-refractivity contribution in [3.63, 3.8) is 0 Å². The third-order valence-electron chi connectivity index (χ3n) is 2.92. The molecule has 1 fully saturated rings. The Balaban J connectivity index is 2.27. The van der Waals surface area contributed by atoms with Crippen molar-refractivity contribution in [2.75, 3.05) is 0 Å². The molecule has 21 heavy (non-hydrogen) atoms. The van der Waals surface area contributed by atoms with Gasteiger partial charge in [0.05, 0.1) is 23.2 Å². The maximum absolute atomic E-state index is 12.4. The highest BCUT2D eigenvalue weighted by molar-refractivity contribution is 8.26. The van der Waals surface area contributed by atoms with Crippen LogP contribution in [0.5, 0.6) is 0 Å². The molecule has 0 unspecified atom stereocenters. The topological polar surface area (TPSA) is 73.6 Å². The summed E-state index contributed by atoms with van der Waals surface area (Å²) in [7, 11) is 0. The molecule has 1 amide bonds. The van der Waals surface area contributed by atoms with Crippen LogP contribution in [0.25, 0.3) is 6.08 Å². The molecule has 2 rings (SSSR count). The average Bonchev–Trinajstić information content (AvgIpc) is 2.97. The molecule has 7 heteroatoms. The molecule has 0 aromatic carbocycles. The van der Waals surface area contributed by atoms with Crippen molar-refractivity contribution in [3.05, 3.63) is 29.1 Å². The van der Waals surface area contributed by atoms with Crippen LogP contribution >= 0.6 is 24.0 Å². The molecule has 0 aliphatic carbocycles. The quantitative estimate of drug-likeness (QED) is 0.605. The summed E-state index contributed by atoms with van der Waals surface area (Å²) in [5.41, 5.74) is 0. The molecular weight excluding hydrogens is 310 g/mol. The lowest BCUT2D eigenvalue weighted by atomic mass is 10.0. The third kappa shape index (κ3) is 3.54. The summed E-state index contributed by atoms with van der Waals surface area (Å²) >= 11 is 6.21. The Bertz CT molecular complexity index is 592. The molecule has 0 saturated carbocycles. The Kier molecular flexibility index (Phi) is 4.84. The van der Waals surface area contributed by atoms with Crippen LogP contribution in [0.2, 0.25) is 0 Å². The standard InChI is InChI=1S/C14H15NO4S2/c1-8(2)6-10(13(17)18)15-12(16)11(21-14(15)20)7-9-4-3-5-19-9/h3-5,7-8,10H,6H2,1-2H3,(H,17,18)/p-1/b11-7+/t10-/m0/s1. The van der Waals surface area contributed by atoms with E-state index in [2.05, 4.69) is 0 Å². The Morgan fingerprint density at radius 3 is 2.81 bits per heavy atom. The molecular formula is C14H14NO4S2-. The molecule has 1 aliphatic rings. The van der Waals surface area contributed by atoms with Crippen molar-refractivity contribution in [2.24, 2.45) is 5.92 Å². The number of furan rings is 1. The Hall–Kier alpha value is -1.60. The fourth-order valence-electron chi connectivity index (χ4n) is 2.00. The minimum Gasteiger partial charge on any atom is -0.548 e. The smallest absolute Gasteiger partial charge is 0.266 e. The maximum atomic E-state index is 12.4. The van der Waals surface area contributed by atoms with Crippen molar-refractivity contribution in [1.82, 2.24) is 4.90 Å². The van der Waals surface area contributed by atoms with Crippen molar-refractivity contribution in [1.29, 1.82) is 0 Å². The summed E-state index contributed by atoms with van der Waals surface area (Å²) in [5.74, 6) is -1.09. The van der Waals surface area contributed by atoms with Crippen LogP contribution in [0.1, 0.15) is 26.0 Å². The summed E-state index contributed by atoms with van der Waals surface area (Å²) in [6.45, 7) is 3.76. The number of carboxylic acids is 1. The lowest BCUT2D eigenvalue weighted by Crippen LogP contribution is -2.50. The van der Waals surface area contributed by atoms with E-state index >= 15 is 0 Å². The zero-order valence-electron chi connectivity index (χ0n) is 11.6. The van der Waals surface area contributed by atoms with E-state index < -0.39 is 17.9 Å². The van der Waals surface area contributed by atoms with Crippen LogP contribution in [-0.2, 0) is 9.59 Å². The molecule has 1 aliphatic heterocycles. The first-order chi connectivity index (χ1) is 9.90. The molecule has 1 saturated heterocycles. The largest absolute Gasteiger partial charge is 0.548 e. The van der Waals surface area contributed by atoms with Gasteiger partial charge in [0.25, 0.3) is 5.91 Å². The van der Waals surface area contributed by atoms with Crippen molar-refractivity contribution in [2.45, 2.75) is 26.3 Å². The number of rotatable bonds is 5. The zero-order chi connectivity index (χ0) is 15.6. The number of hydrogen-bond donors (Lipinski definition) is 0. The molecule has 0 radical (unpaired) electrons. The predicted molar refractivity (Wildman–Crippen MR) is 82.0 cm³/mol. The number of carbonyl (C=O) groups excluding carboxylic acids is 2. The molecule has 1 aromatic rings. The van der Waals surface area contributed by atoms with Gasteiger partial charge in [-0.05, 0) is 24.5 Å². The Labute approximate surface area is 132 Å². The highest BCUT2D eigenvalue weighted by Crippen LogP contribution is 2.35. The van der Waals surface area contributed by atoms with Gasteiger partial charge in [-0.2, -0.15) is 0 Å². The molecule has 2 heterocycles. The highest BCUT2D eigenvalue weighted by atomic mass is 32.2. The van der Waals surface area contributed by atoms with Crippen molar-refractivity contribution < 1.29 is 19.1 Å². The molecule has 5 nitrogen and oxygen atoms in total. The number of thioether (sulfide) groups is 1. The Morgan fingerprint density at radius 1 is 1.57 bits per heavy atom. The van der Waals surface area contributed by atoms with Crippen LogP contribution < -0.4 is 5.11 Å². The van der Waals surface area contributed by atoms with Gasteiger partial charge in [-0.25, -0.2) is 0 Å². The van der Waals surface area contributed by atoms with Crippen LogP contribution in [0, 0.1) is 5.92 Å². The minimum absolute atomic E-state index is 0.103. The number of carbonyl (C=O) groups is 2. The minimum atomic E-state index is -1.29. The van der Waals surface area contributed by atoms with E-state index in [0.717, 1.165) is 16.7 Å². The Morgan fingerprint density at radius 2 is 2.29 bits per heavy atom. The number of thiocarbonyl (C=S) groups is 1. The zero-order valence-corrected chi connectivity index (χ0v) is 13.2. The van der Waals surface area contributed by atoms with Crippen molar-refractivity contribution in [3.8, 4) is 0 Å². The summed E-state index contributed by atoms with van der Waals surface area (Å²) in [6.07, 6.45) is 3.35. The molecule has 0 N–H and O–H groups in total. The molecule has 1 aromatic heterocycles. The van der Waals surface area contributed by atoms with E-state index in [1.54, 1.807) is 18.2 Å². The first kappa shape index (κ1) is 15.8. The first-order valence-corrected chi connectivity index (χ1v) is 7.64. The second kappa shape index (κ2) is 6.44. The summed E-state index contributed by atoms with van der Waals surface area (Å²) in [6, 6.07) is 2.37. The van der Waals surface area contributed by atoms with Gasteiger partial charge >= 0.3 is 0 Å². The fourth-order valence-corrected chi connectivity index (χ4v) is 3.34. The highest BCUT2D eigenvalue weighted by Gasteiger charge is 2.38. The van der Waals surface area contributed by atoms with Crippen LogP contribution in [-0.4, -0.2) is 27.1 Å². The second-order valence-corrected chi connectivity index (χ2v) is 6.71. The van der Waals surface area contributed by atoms with Gasteiger partial charge in [-0.3, -0.25) is 9.69 Å². The number of carboxylic acid groups (broad SMARTS) is 1. The van der Waals surface area contributed by atoms with E-state index in [4.69, 9.17) is 16.6 Å². The van der Waals surface area contributed by atoms with Crippen LogP contribution in [0.4, 0.5) is 0 Å². The average molecular weight is 324 g/mol. The monoisotopic (exact) mass is 324 g/mol. The van der Waals surface area contributed by atoms with Gasteiger partial charge < -0.3 is 14.3 Å². The van der Waals surface area contributed by atoms with Gasteiger partial charge in [0, 0.05) is 6.08 Å². The lowest BCUT2D eigenvalue weighted by Gasteiger charge is -2.28. The van der Waals surface area contributed by atoms with Gasteiger partial charge in [-0.15, -0.1) is 0 Å². The molecule has 0 bridgehead atoms. The summed E-state index contributed by atoms with van der Waals surface area (Å²) in [5, 5.41) is 11.3. The summed E-state index contributed by atoms with van der Waals surface area (Å²) in [4.78, 5) is 25.2. The molecule has 1 atom stereocenters.